The molecule has 0 spiro atoms. The molecule has 54 heavy (non-hydrogen) atoms. The van der Waals surface area contributed by atoms with E-state index < -0.39 is 0 Å². The molecule has 4 atom stereocenters. The molecular formula is C52H42N2. The summed E-state index contributed by atoms with van der Waals surface area (Å²) in [6.45, 7) is 0. The predicted octanol–water partition coefficient (Wildman–Crippen LogP) is 13.3. The molecule has 6 aromatic carbocycles. The van der Waals surface area contributed by atoms with Gasteiger partial charge in [0, 0.05) is 51.6 Å². The highest BCUT2D eigenvalue weighted by Gasteiger charge is 2.44. The van der Waals surface area contributed by atoms with Crippen LogP contribution in [-0.2, 0) is 0 Å². The van der Waals surface area contributed by atoms with E-state index in [4.69, 9.17) is 0 Å². The number of nitrogens with zero attached hydrogens (tertiary/aromatic N) is 2. The van der Waals surface area contributed by atoms with Crippen molar-refractivity contribution in [3.8, 4) is 27.9 Å². The molecule has 2 heterocycles. The summed E-state index contributed by atoms with van der Waals surface area (Å²) < 4.78 is 2.42. The van der Waals surface area contributed by atoms with Gasteiger partial charge < -0.3 is 9.47 Å². The molecule has 4 aliphatic rings. The van der Waals surface area contributed by atoms with Gasteiger partial charge in [-0.3, -0.25) is 0 Å². The lowest BCUT2D eigenvalue weighted by atomic mass is 9.74. The van der Waals surface area contributed by atoms with E-state index in [0.29, 0.717) is 23.8 Å². The minimum Gasteiger partial charge on any atom is -0.341 e. The Kier molecular flexibility index (Phi) is 7.43. The van der Waals surface area contributed by atoms with E-state index in [1.165, 1.54) is 104 Å². The van der Waals surface area contributed by atoms with Crippen molar-refractivity contribution >= 4 is 33.1 Å². The Morgan fingerprint density at radius 1 is 0.481 bits per heavy atom. The summed E-state index contributed by atoms with van der Waals surface area (Å²) in [4.78, 5) is 2.77. The summed E-state index contributed by atoms with van der Waals surface area (Å²) in [6, 6.07) is 54.5. The van der Waals surface area contributed by atoms with Crippen LogP contribution in [0.1, 0.15) is 42.7 Å². The molecule has 2 heteroatoms. The van der Waals surface area contributed by atoms with Crippen LogP contribution in [0.3, 0.4) is 0 Å². The number of anilines is 1. The van der Waals surface area contributed by atoms with E-state index in [1.54, 1.807) is 0 Å². The van der Waals surface area contributed by atoms with Gasteiger partial charge in [0.2, 0.25) is 0 Å². The molecule has 2 nitrogen and oxygen atoms in total. The Balaban J connectivity index is 0.989. The summed E-state index contributed by atoms with van der Waals surface area (Å²) in [5.41, 5.74) is 15.9. The second-order valence-electron chi connectivity index (χ2n) is 15.5. The third-order valence-electron chi connectivity index (χ3n) is 12.6. The highest BCUT2D eigenvalue weighted by atomic mass is 15.2. The zero-order valence-electron chi connectivity index (χ0n) is 30.4. The van der Waals surface area contributed by atoms with Gasteiger partial charge in [-0.2, -0.15) is 0 Å². The fourth-order valence-electron chi connectivity index (χ4n) is 10.2. The van der Waals surface area contributed by atoms with Gasteiger partial charge in [0.1, 0.15) is 0 Å². The number of para-hydroxylation sites is 1. The van der Waals surface area contributed by atoms with E-state index in [-0.39, 0.29) is 0 Å². The molecule has 1 fully saturated rings. The lowest BCUT2D eigenvalue weighted by Crippen LogP contribution is -2.39. The number of rotatable bonds is 5. The first kappa shape index (κ1) is 31.4. The minimum absolute atomic E-state index is 0.331. The second kappa shape index (κ2) is 12.8. The Labute approximate surface area is 317 Å². The van der Waals surface area contributed by atoms with Crippen LogP contribution in [0.4, 0.5) is 5.69 Å². The van der Waals surface area contributed by atoms with Crippen molar-refractivity contribution in [1.82, 2.24) is 4.57 Å². The Morgan fingerprint density at radius 3 is 1.96 bits per heavy atom. The van der Waals surface area contributed by atoms with Gasteiger partial charge in [-0.05, 0) is 100 Å². The molecule has 0 N–H and O–H groups in total. The van der Waals surface area contributed by atoms with Crippen molar-refractivity contribution in [3.63, 3.8) is 0 Å². The molecule has 0 saturated heterocycles. The molecule has 4 unspecified atom stereocenters. The van der Waals surface area contributed by atoms with Gasteiger partial charge in [-0.25, -0.2) is 0 Å². The van der Waals surface area contributed by atoms with Crippen LogP contribution in [0.25, 0.3) is 55.3 Å². The van der Waals surface area contributed by atoms with Crippen molar-refractivity contribution in [2.75, 3.05) is 4.90 Å². The van der Waals surface area contributed by atoms with Crippen molar-refractivity contribution in [1.29, 1.82) is 0 Å². The van der Waals surface area contributed by atoms with E-state index in [2.05, 4.69) is 192 Å². The number of fused-ring (bicyclic) bond motifs is 7. The van der Waals surface area contributed by atoms with E-state index in [9.17, 15) is 0 Å². The molecule has 3 aliphatic carbocycles. The van der Waals surface area contributed by atoms with Crippen LogP contribution < -0.4 is 4.90 Å². The predicted molar refractivity (Wildman–Crippen MR) is 227 cm³/mol. The molecule has 0 bridgehead atoms. The summed E-state index contributed by atoms with van der Waals surface area (Å²) in [7, 11) is 0. The monoisotopic (exact) mass is 694 g/mol. The van der Waals surface area contributed by atoms with Gasteiger partial charge in [-0.1, -0.05) is 146 Å². The second-order valence-corrected chi connectivity index (χ2v) is 15.5. The number of benzene rings is 6. The van der Waals surface area contributed by atoms with Crippen LogP contribution in [0.2, 0.25) is 0 Å². The topological polar surface area (TPSA) is 8.17 Å². The number of allylic oxidation sites excluding steroid dienone is 7. The van der Waals surface area contributed by atoms with E-state index >= 15 is 0 Å². The maximum atomic E-state index is 2.77. The standard InChI is InChI=1S/C52H42N2/c1-3-13-35(14-4-1)36-23-27-40(28-24-36)53-48-21-11-9-19-44(48)46-33-38(25-30-51(46)53)39-26-31-52-47(34-39)45-20-10-12-22-49(45)54(52)50-32-29-41(37-15-5-2-6-16-37)42-17-7-8-18-43(42)50/h1-9,11,13-19,21,23-34,42-43,45,49H,10,12,20,22H2. The summed E-state index contributed by atoms with van der Waals surface area (Å²) in [5, 5.41) is 2.59. The zero-order valence-corrected chi connectivity index (χ0v) is 30.4. The van der Waals surface area contributed by atoms with Crippen molar-refractivity contribution < 1.29 is 0 Å². The molecule has 1 aliphatic heterocycles. The molecule has 1 aromatic heterocycles. The fraction of sp³-hybridized carbons (Fsp3) is 0.154. The molecule has 1 saturated carbocycles. The Bertz CT molecular complexity index is 2670. The third-order valence-corrected chi connectivity index (χ3v) is 12.6. The van der Waals surface area contributed by atoms with Crippen LogP contribution in [0.5, 0.6) is 0 Å². The first-order valence-electron chi connectivity index (χ1n) is 19.7. The molecule has 11 rings (SSSR count). The average molecular weight is 695 g/mol. The maximum Gasteiger partial charge on any atom is 0.0541 e. The first-order chi connectivity index (χ1) is 26.8. The fourth-order valence-corrected chi connectivity index (χ4v) is 10.2. The number of hydrogen-bond donors (Lipinski definition) is 0. The highest BCUT2D eigenvalue weighted by Crippen LogP contribution is 2.54. The van der Waals surface area contributed by atoms with Crippen molar-refractivity contribution in [2.24, 2.45) is 11.8 Å². The smallest absolute Gasteiger partial charge is 0.0541 e. The normalized spacial score (nSPS) is 21.4. The quantitative estimate of drug-likeness (QED) is 0.174. The third kappa shape index (κ3) is 5.01. The summed E-state index contributed by atoms with van der Waals surface area (Å²) in [5.74, 6) is 1.23. The lowest BCUT2D eigenvalue weighted by molar-refractivity contribution is 0.389. The molecule has 7 aromatic rings. The van der Waals surface area contributed by atoms with E-state index in [0.717, 1.165) is 0 Å². The SMILES string of the molecule is C1=CC2C(c3ccccc3)=CC=C(N3c4ccc(-c5ccc6c(c5)c5ccccc5n6-c5ccc(-c6ccccc6)cc5)cc4C4CCCCC43)C2C=C1. The van der Waals surface area contributed by atoms with Gasteiger partial charge in [-0.15, -0.1) is 0 Å². The van der Waals surface area contributed by atoms with Gasteiger partial charge in [0.05, 0.1) is 11.0 Å². The van der Waals surface area contributed by atoms with Gasteiger partial charge >= 0.3 is 0 Å². The zero-order chi connectivity index (χ0) is 35.6. The number of aromatic nitrogens is 1. The maximum absolute atomic E-state index is 2.77. The van der Waals surface area contributed by atoms with Gasteiger partial charge in [0.15, 0.2) is 0 Å². The minimum atomic E-state index is 0.331. The highest BCUT2D eigenvalue weighted by molar-refractivity contribution is 6.10. The average Bonchev–Trinajstić information content (AvgIpc) is 3.76. The summed E-state index contributed by atoms with van der Waals surface area (Å²) in [6.07, 6.45) is 19.3. The first-order valence-corrected chi connectivity index (χ1v) is 19.7. The Morgan fingerprint density at radius 2 is 1.13 bits per heavy atom. The van der Waals surface area contributed by atoms with E-state index in [1.807, 2.05) is 0 Å². The largest absolute Gasteiger partial charge is 0.341 e. The Hall–Kier alpha value is -6.12. The molecular weight excluding hydrogens is 653 g/mol. The van der Waals surface area contributed by atoms with Crippen LogP contribution in [0, 0.1) is 11.8 Å². The van der Waals surface area contributed by atoms with Crippen LogP contribution in [0.15, 0.2) is 188 Å². The molecule has 260 valence electrons. The summed E-state index contributed by atoms with van der Waals surface area (Å²) >= 11 is 0. The lowest BCUT2D eigenvalue weighted by Gasteiger charge is -2.41. The van der Waals surface area contributed by atoms with Crippen molar-refractivity contribution in [2.45, 2.75) is 37.6 Å². The van der Waals surface area contributed by atoms with Gasteiger partial charge in [0.25, 0.3) is 0 Å². The number of hydrogen-bond acceptors (Lipinski definition) is 1. The van der Waals surface area contributed by atoms with Crippen LogP contribution in [-0.4, -0.2) is 10.6 Å². The molecule has 0 amide bonds. The van der Waals surface area contributed by atoms with Crippen LogP contribution >= 0.6 is 0 Å². The molecule has 0 radical (unpaired) electrons. The van der Waals surface area contributed by atoms with Crippen molar-refractivity contribution in [3.05, 3.63) is 199 Å².